The SMILES string of the molecule is C[N+](C)(C)CCCCN1CCNCCNCCNCC1. The van der Waals surface area contributed by atoms with Crippen LogP contribution in [0.2, 0.25) is 0 Å². The summed E-state index contributed by atoms with van der Waals surface area (Å²) in [7, 11) is 6.83. The molecule has 0 bridgehead atoms. The molecule has 0 aromatic carbocycles. The quantitative estimate of drug-likeness (QED) is 0.473. The Labute approximate surface area is 125 Å². The molecule has 0 aromatic rings. The minimum atomic E-state index is 1.07. The van der Waals surface area contributed by atoms with Crippen LogP contribution in [0.15, 0.2) is 0 Å². The fourth-order valence-corrected chi connectivity index (χ4v) is 2.46. The molecule has 120 valence electrons. The van der Waals surface area contributed by atoms with Crippen molar-refractivity contribution < 1.29 is 4.48 Å². The van der Waals surface area contributed by atoms with Crippen LogP contribution in [0, 0.1) is 0 Å². The van der Waals surface area contributed by atoms with Gasteiger partial charge in [-0.05, 0) is 19.4 Å². The molecule has 1 heterocycles. The fourth-order valence-electron chi connectivity index (χ4n) is 2.46. The number of rotatable bonds is 5. The van der Waals surface area contributed by atoms with Gasteiger partial charge in [0.2, 0.25) is 0 Å². The third-order valence-electron chi connectivity index (χ3n) is 3.72. The Morgan fingerprint density at radius 3 is 1.75 bits per heavy atom. The van der Waals surface area contributed by atoms with Gasteiger partial charge in [-0.1, -0.05) is 0 Å². The summed E-state index contributed by atoms with van der Waals surface area (Å²) in [6.45, 7) is 11.4. The summed E-state index contributed by atoms with van der Waals surface area (Å²) < 4.78 is 1.08. The van der Waals surface area contributed by atoms with Crippen molar-refractivity contribution in [1.82, 2.24) is 20.9 Å². The molecule has 0 amide bonds. The van der Waals surface area contributed by atoms with Gasteiger partial charge in [0.25, 0.3) is 0 Å². The predicted molar refractivity (Wildman–Crippen MR) is 87.2 cm³/mol. The average molecular weight is 286 g/mol. The van der Waals surface area contributed by atoms with Crippen LogP contribution in [-0.4, -0.2) is 96.0 Å². The molecule has 5 heteroatoms. The van der Waals surface area contributed by atoms with Gasteiger partial charge in [-0.25, -0.2) is 0 Å². The van der Waals surface area contributed by atoms with E-state index >= 15 is 0 Å². The van der Waals surface area contributed by atoms with E-state index in [9.17, 15) is 0 Å². The molecule has 0 unspecified atom stereocenters. The lowest BCUT2D eigenvalue weighted by Gasteiger charge is -2.26. The normalized spacial score (nSPS) is 21.1. The van der Waals surface area contributed by atoms with Gasteiger partial charge in [0, 0.05) is 52.4 Å². The van der Waals surface area contributed by atoms with Crippen molar-refractivity contribution in [2.45, 2.75) is 12.8 Å². The van der Waals surface area contributed by atoms with Crippen LogP contribution in [-0.2, 0) is 0 Å². The minimum absolute atomic E-state index is 1.07. The van der Waals surface area contributed by atoms with Crippen LogP contribution in [0.25, 0.3) is 0 Å². The summed E-state index contributed by atoms with van der Waals surface area (Å²) in [5.74, 6) is 0. The van der Waals surface area contributed by atoms with E-state index in [0.717, 1.165) is 43.8 Å². The van der Waals surface area contributed by atoms with Gasteiger partial charge in [0.1, 0.15) is 0 Å². The van der Waals surface area contributed by atoms with Crippen LogP contribution < -0.4 is 16.0 Å². The maximum Gasteiger partial charge on any atom is 0.0780 e. The first-order chi connectivity index (χ1) is 9.58. The lowest BCUT2D eigenvalue weighted by molar-refractivity contribution is -0.870. The number of hydrogen-bond acceptors (Lipinski definition) is 4. The van der Waals surface area contributed by atoms with E-state index in [1.54, 1.807) is 0 Å². The molecule has 5 nitrogen and oxygen atoms in total. The molecule has 1 fully saturated rings. The van der Waals surface area contributed by atoms with Crippen molar-refractivity contribution in [2.24, 2.45) is 0 Å². The molecular weight excluding hydrogens is 250 g/mol. The van der Waals surface area contributed by atoms with Gasteiger partial charge in [-0.3, -0.25) is 0 Å². The van der Waals surface area contributed by atoms with Crippen LogP contribution in [0.4, 0.5) is 0 Å². The van der Waals surface area contributed by atoms with Gasteiger partial charge in [0.05, 0.1) is 27.7 Å². The first kappa shape index (κ1) is 17.9. The topological polar surface area (TPSA) is 39.3 Å². The van der Waals surface area contributed by atoms with Gasteiger partial charge >= 0.3 is 0 Å². The molecule has 20 heavy (non-hydrogen) atoms. The molecule has 0 atom stereocenters. The third kappa shape index (κ3) is 10.6. The molecule has 0 saturated carbocycles. The zero-order valence-corrected chi connectivity index (χ0v) is 13.9. The highest BCUT2D eigenvalue weighted by Gasteiger charge is 2.08. The molecule has 1 aliphatic heterocycles. The molecule has 0 aromatic heterocycles. The van der Waals surface area contributed by atoms with Crippen molar-refractivity contribution in [3.63, 3.8) is 0 Å². The van der Waals surface area contributed by atoms with Crippen LogP contribution in [0.3, 0.4) is 0 Å². The van der Waals surface area contributed by atoms with Crippen LogP contribution in [0.5, 0.6) is 0 Å². The third-order valence-corrected chi connectivity index (χ3v) is 3.72. The number of unbranched alkanes of at least 4 members (excludes halogenated alkanes) is 1. The van der Waals surface area contributed by atoms with Gasteiger partial charge in [-0.15, -0.1) is 0 Å². The van der Waals surface area contributed by atoms with Crippen molar-refractivity contribution in [3.05, 3.63) is 0 Å². The summed E-state index contributed by atoms with van der Waals surface area (Å²) >= 11 is 0. The van der Waals surface area contributed by atoms with E-state index in [-0.39, 0.29) is 0 Å². The first-order valence-corrected chi connectivity index (χ1v) is 8.23. The highest BCUT2D eigenvalue weighted by Crippen LogP contribution is 2.00. The van der Waals surface area contributed by atoms with Gasteiger partial charge in [-0.2, -0.15) is 0 Å². The smallest absolute Gasteiger partial charge is 0.0780 e. The van der Waals surface area contributed by atoms with Crippen LogP contribution in [0.1, 0.15) is 12.8 Å². The summed E-state index contributed by atoms with van der Waals surface area (Å²) in [4.78, 5) is 2.60. The molecule has 1 aliphatic rings. The number of nitrogens with zero attached hydrogens (tertiary/aromatic N) is 2. The van der Waals surface area contributed by atoms with E-state index in [4.69, 9.17) is 0 Å². The molecule has 3 N–H and O–H groups in total. The summed E-state index contributed by atoms with van der Waals surface area (Å²) in [6, 6.07) is 0. The minimum Gasteiger partial charge on any atom is -0.331 e. The second-order valence-corrected chi connectivity index (χ2v) is 6.81. The average Bonchev–Trinajstić information content (AvgIpc) is 2.36. The highest BCUT2D eigenvalue weighted by molar-refractivity contribution is 4.65. The summed E-state index contributed by atoms with van der Waals surface area (Å²) in [6.07, 6.45) is 2.64. The van der Waals surface area contributed by atoms with E-state index in [1.807, 2.05) is 0 Å². The summed E-state index contributed by atoms with van der Waals surface area (Å²) in [5.41, 5.74) is 0. The largest absolute Gasteiger partial charge is 0.331 e. The molecular formula is C15H36N5+. The van der Waals surface area contributed by atoms with Gasteiger partial charge in [0.15, 0.2) is 0 Å². The Hall–Kier alpha value is -0.200. The maximum absolute atomic E-state index is 3.52. The molecule has 0 spiro atoms. The highest BCUT2D eigenvalue weighted by atomic mass is 15.3. The van der Waals surface area contributed by atoms with Crippen molar-refractivity contribution in [3.8, 4) is 0 Å². The maximum atomic E-state index is 3.52. The molecule has 1 rings (SSSR count). The second-order valence-electron chi connectivity index (χ2n) is 6.81. The Morgan fingerprint density at radius 1 is 0.750 bits per heavy atom. The fraction of sp³-hybridized carbons (Fsp3) is 1.00. The Kier molecular flexibility index (Phi) is 9.39. The first-order valence-electron chi connectivity index (χ1n) is 8.23. The summed E-state index contributed by atoms with van der Waals surface area (Å²) in [5, 5.41) is 10.5. The monoisotopic (exact) mass is 286 g/mol. The van der Waals surface area contributed by atoms with Crippen molar-refractivity contribution >= 4 is 0 Å². The lowest BCUT2D eigenvalue weighted by Crippen LogP contribution is -2.42. The number of nitrogens with one attached hydrogen (secondary N) is 3. The second kappa shape index (κ2) is 10.5. The molecule has 0 radical (unpaired) electrons. The number of hydrogen-bond donors (Lipinski definition) is 3. The Morgan fingerprint density at radius 2 is 1.25 bits per heavy atom. The Balaban J connectivity index is 2.17. The lowest BCUT2D eigenvalue weighted by atomic mass is 10.2. The van der Waals surface area contributed by atoms with E-state index in [1.165, 1.54) is 39.0 Å². The van der Waals surface area contributed by atoms with E-state index < -0.39 is 0 Å². The van der Waals surface area contributed by atoms with E-state index in [0.29, 0.717) is 0 Å². The van der Waals surface area contributed by atoms with Crippen molar-refractivity contribution in [2.75, 3.05) is 86.6 Å². The van der Waals surface area contributed by atoms with Crippen molar-refractivity contribution in [1.29, 1.82) is 0 Å². The predicted octanol–water partition coefficient (Wildman–Crippen LogP) is -0.443. The Bertz CT molecular complexity index is 215. The molecule has 0 aliphatic carbocycles. The number of quaternary nitrogens is 1. The molecule has 1 saturated heterocycles. The zero-order chi connectivity index (χ0) is 14.7. The van der Waals surface area contributed by atoms with Crippen LogP contribution >= 0.6 is 0 Å². The standard InChI is InChI=1S/C15H36N5/c1-20(2,3)15-5-4-12-19-13-10-17-8-6-16-7-9-18-11-14-19/h16-18H,4-15H2,1-3H3/q+1. The van der Waals surface area contributed by atoms with E-state index in [2.05, 4.69) is 42.0 Å². The van der Waals surface area contributed by atoms with Gasteiger partial charge < -0.3 is 25.3 Å². The zero-order valence-electron chi connectivity index (χ0n) is 13.9.